The van der Waals surface area contributed by atoms with Crippen LogP contribution >= 0.6 is 0 Å². The highest BCUT2D eigenvalue weighted by Gasteiger charge is 2.45. The average molecular weight is 1190 g/mol. The lowest BCUT2D eigenvalue weighted by Gasteiger charge is -2.41. The first kappa shape index (κ1) is 76.1. The van der Waals surface area contributed by atoms with E-state index in [1.807, 2.05) is 62.3 Å². The van der Waals surface area contributed by atoms with Crippen LogP contribution in [-0.2, 0) is 52.7 Å². The summed E-state index contributed by atoms with van der Waals surface area (Å²) in [6.45, 7) is 29.5. The van der Waals surface area contributed by atoms with E-state index in [0.717, 1.165) is 9.80 Å². The Balaban J connectivity index is 4.30. The molecule has 0 bridgehead atoms. The van der Waals surface area contributed by atoms with E-state index in [1.165, 1.54) is 87.7 Å². The summed E-state index contributed by atoms with van der Waals surface area (Å²) in [5.41, 5.74) is 0. The summed E-state index contributed by atoms with van der Waals surface area (Å²) in [5, 5.41) is 23.0. The molecule has 0 aromatic rings. The molecular formula is C61H111N11O12. The molecular weight excluding hydrogens is 1080 g/mol. The van der Waals surface area contributed by atoms with Crippen molar-refractivity contribution in [2.75, 3.05) is 55.9 Å². The van der Waals surface area contributed by atoms with Crippen LogP contribution < -0.4 is 21.3 Å². The Labute approximate surface area is 503 Å². The number of carbonyl (C=O) groups is 11. The van der Waals surface area contributed by atoms with Crippen LogP contribution in [0.5, 0.6) is 0 Å². The van der Waals surface area contributed by atoms with Gasteiger partial charge in [0.15, 0.2) is 0 Å². The Bertz CT molecular complexity index is 2260. The highest BCUT2D eigenvalue weighted by Crippen LogP contribution is 2.26. The Morgan fingerprint density at radius 3 is 1.27 bits per heavy atom. The van der Waals surface area contributed by atoms with Crippen molar-refractivity contribution in [1.82, 2.24) is 55.6 Å². The first-order chi connectivity index (χ1) is 38.7. The maximum absolute atomic E-state index is 15.1. The minimum Gasteiger partial charge on any atom is -0.390 e. The van der Waals surface area contributed by atoms with Crippen LogP contribution in [0.2, 0.25) is 0 Å². The molecule has 1 saturated heterocycles. The molecule has 1 fully saturated rings. The summed E-state index contributed by atoms with van der Waals surface area (Å²) in [6.07, 6.45) is 0.314. The number of amides is 11. The summed E-state index contributed by atoms with van der Waals surface area (Å²) >= 11 is 0. The third-order valence-corrected chi connectivity index (χ3v) is 16.1. The number of hydrogen-bond donors (Lipinski definition) is 5. The third-order valence-electron chi connectivity index (χ3n) is 16.1. The zero-order chi connectivity index (χ0) is 65.3. The molecule has 0 radical (unpaired) electrons. The SMILES string of the molecule is CCCC(C)C(O)C1C(=O)NC(CC)C(=O)N(C)CC(=O)N(C)C(CC(C)C)C(=O)NC(C(C)C)C(=O)N(C)C(CC(C)C)C(=O)NC(C)C(=O)NC(C)C(=O)N(C)C(CC(C)C)C(=O)N(C)C(CC(C)C)C(=O)N(C)C(C(C)C)C(=O)N1C. The standard InChI is InChI=1S/C61H111N11O12/c1-25-27-39(15)51(74)50-55(78)64-42(26-2)57(80)66(18)32-47(73)67(19)43(28-33(3)4)54(77)65-48(37(11)12)60(83)68(20)44(29-34(5)6)53(76)62-40(16)52(75)63-41(17)56(79)69(21)45(30-35(7)8)58(81)70(22)46(31-36(9)10)59(82)71(23)49(38(13)14)61(84)72(50)24/h33-46,48-51,74H,25-32H2,1-24H3,(H,62,76)(H,63,75)(H,64,78)(H,65,77). The highest BCUT2D eigenvalue weighted by atomic mass is 16.3. The van der Waals surface area contributed by atoms with E-state index in [1.54, 1.807) is 41.5 Å². The van der Waals surface area contributed by atoms with Crippen LogP contribution in [0.3, 0.4) is 0 Å². The molecule has 84 heavy (non-hydrogen) atoms. The molecule has 0 saturated carbocycles. The summed E-state index contributed by atoms with van der Waals surface area (Å²) in [5.74, 6) is -9.52. The second kappa shape index (κ2) is 34.3. The van der Waals surface area contributed by atoms with Gasteiger partial charge in [0.1, 0.15) is 60.4 Å². The van der Waals surface area contributed by atoms with Crippen molar-refractivity contribution in [2.24, 2.45) is 41.4 Å². The fourth-order valence-corrected chi connectivity index (χ4v) is 10.8. The van der Waals surface area contributed by atoms with Crippen molar-refractivity contribution in [3.63, 3.8) is 0 Å². The summed E-state index contributed by atoms with van der Waals surface area (Å²) in [7, 11) is 9.94. The van der Waals surface area contributed by atoms with E-state index in [2.05, 4.69) is 21.3 Å². The van der Waals surface area contributed by atoms with Crippen molar-refractivity contribution in [3.05, 3.63) is 0 Å². The van der Waals surface area contributed by atoms with Gasteiger partial charge in [-0.05, 0) is 93.8 Å². The van der Waals surface area contributed by atoms with Crippen LogP contribution in [-0.4, -0.2) is 227 Å². The molecule has 0 aromatic heterocycles. The minimum atomic E-state index is -1.58. The van der Waals surface area contributed by atoms with E-state index in [0.29, 0.717) is 12.8 Å². The quantitative estimate of drug-likeness (QED) is 0.158. The lowest BCUT2D eigenvalue weighted by atomic mass is 9.91. The molecule has 0 aliphatic carbocycles. The molecule has 12 unspecified atom stereocenters. The molecule has 5 N–H and O–H groups in total. The molecule has 11 amide bonds. The molecule has 1 aliphatic rings. The molecule has 12 atom stereocenters. The van der Waals surface area contributed by atoms with Crippen molar-refractivity contribution < 1.29 is 57.8 Å². The van der Waals surface area contributed by atoms with Gasteiger partial charge in [-0.2, -0.15) is 0 Å². The van der Waals surface area contributed by atoms with Crippen molar-refractivity contribution >= 4 is 65.0 Å². The van der Waals surface area contributed by atoms with Crippen LogP contribution in [0.15, 0.2) is 0 Å². The molecule has 1 aliphatic heterocycles. The number of aliphatic hydroxyl groups excluding tert-OH is 1. The van der Waals surface area contributed by atoms with Gasteiger partial charge >= 0.3 is 0 Å². The topological polar surface area (TPSA) is 279 Å². The van der Waals surface area contributed by atoms with Gasteiger partial charge in [-0.15, -0.1) is 0 Å². The predicted molar refractivity (Wildman–Crippen MR) is 324 cm³/mol. The van der Waals surface area contributed by atoms with Gasteiger partial charge in [-0.1, -0.05) is 110 Å². The van der Waals surface area contributed by atoms with Crippen LogP contribution in [0, 0.1) is 41.4 Å². The molecule has 0 spiro atoms. The number of carbonyl (C=O) groups excluding carboxylic acids is 11. The molecule has 1 rings (SSSR count). The van der Waals surface area contributed by atoms with Gasteiger partial charge in [-0.3, -0.25) is 52.7 Å². The highest BCUT2D eigenvalue weighted by molar-refractivity contribution is 5.99. The van der Waals surface area contributed by atoms with Gasteiger partial charge in [0.2, 0.25) is 65.0 Å². The van der Waals surface area contributed by atoms with E-state index in [9.17, 15) is 48.3 Å². The summed E-state index contributed by atoms with van der Waals surface area (Å²) < 4.78 is 0. The fourth-order valence-electron chi connectivity index (χ4n) is 10.8. The number of likely N-dealkylation sites (N-methyl/N-ethyl adjacent to an activating group) is 7. The first-order valence-corrected chi connectivity index (χ1v) is 30.5. The summed E-state index contributed by atoms with van der Waals surface area (Å²) in [4.78, 5) is 168. The minimum absolute atomic E-state index is 0.0332. The van der Waals surface area contributed by atoms with Gasteiger partial charge in [0.25, 0.3) is 0 Å². The fraction of sp³-hybridized carbons (Fsp3) is 0.820. The van der Waals surface area contributed by atoms with Crippen LogP contribution in [0.4, 0.5) is 0 Å². The Morgan fingerprint density at radius 2 is 0.833 bits per heavy atom. The average Bonchev–Trinajstić information content (AvgIpc) is 3.52. The molecule has 482 valence electrons. The Kier molecular flexibility index (Phi) is 31.1. The van der Waals surface area contributed by atoms with Gasteiger partial charge in [0, 0.05) is 49.3 Å². The van der Waals surface area contributed by atoms with Gasteiger partial charge in [0.05, 0.1) is 12.6 Å². The largest absolute Gasteiger partial charge is 0.390 e. The summed E-state index contributed by atoms with van der Waals surface area (Å²) in [6, 6.07) is -12.2. The predicted octanol–water partition coefficient (Wildman–Crippen LogP) is 3.10. The van der Waals surface area contributed by atoms with Crippen LogP contribution in [0.1, 0.15) is 163 Å². The number of nitrogens with zero attached hydrogens (tertiary/aromatic N) is 7. The smallest absolute Gasteiger partial charge is 0.246 e. The van der Waals surface area contributed by atoms with E-state index in [4.69, 9.17) is 0 Å². The van der Waals surface area contributed by atoms with Crippen molar-refractivity contribution in [3.8, 4) is 0 Å². The van der Waals surface area contributed by atoms with E-state index < -0.39 is 156 Å². The Morgan fingerprint density at radius 1 is 0.429 bits per heavy atom. The maximum atomic E-state index is 15.1. The molecule has 0 aromatic carbocycles. The second-order valence-corrected chi connectivity index (χ2v) is 26.1. The molecule has 23 nitrogen and oxygen atoms in total. The number of aliphatic hydroxyl groups is 1. The van der Waals surface area contributed by atoms with Gasteiger partial charge < -0.3 is 60.7 Å². The lowest BCUT2D eigenvalue weighted by molar-refractivity contribution is -0.157. The van der Waals surface area contributed by atoms with Crippen molar-refractivity contribution in [2.45, 2.75) is 229 Å². The molecule has 23 heteroatoms. The normalized spacial score (nSPS) is 27.0. The number of nitrogens with one attached hydrogen (secondary N) is 4. The van der Waals surface area contributed by atoms with Gasteiger partial charge in [-0.25, -0.2) is 0 Å². The van der Waals surface area contributed by atoms with E-state index >= 15 is 9.59 Å². The van der Waals surface area contributed by atoms with Crippen molar-refractivity contribution in [1.29, 1.82) is 0 Å². The zero-order valence-electron chi connectivity index (χ0n) is 55.6. The number of hydrogen-bond acceptors (Lipinski definition) is 12. The monoisotopic (exact) mass is 1190 g/mol. The zero-order valence-corrected chi connectivity index (χ0v) is 55.6. The maximum Gasteiger partial charge on any atom is 0.246 e. The molecule has 1 heterocycles. The van der Waals surface area contributed by atoms with Crippen LogP contribution in [0.25, 0.3) is 0 Å². The Hall–Kier alpha value is -5.87. The number of rotatable bonds is 15. The van der Waals surface area contributed by atoms with E-state index in [-0.39, 0.29) is 55.8 Å². The second-order valence-electron chi connectivity index (χ2n) is 26.1. The lowest BCUT2D eigenvalue weighted by Crippen LogP contribution is -2.63. The third kappa shape index (κ3) is 21.0. The first-order valence-electron chi connectivity index (χ1n) is 30.5.